The van der Waals surface area contributed by atoms with Gasteiger partial charge in [-0.2, -0.15) is 4.98 Å². The molecule has 3 aromatic carbocycles. The molecule has 0 amide bonds. The van der Waals surface area contributed by atoms with Gasteiger partial charge in [0.1, 0.15) is 19.0 Å². The average molecular weight is 478 g/mol. The zero-order chi connectivity index (χ0) is 21.6. The Labute approximate surface area is 189 Å². The Kier molecular flexibility index (Phi) is 6.63. The molecule has 156 valence electrons. The van der Waals surface area contributed by atoms with Gasteiger partial charge in [0.2, 0.25) is 11.8 Å². The number of pyridine rings is 1. The van der Waals surface area contributed by atoms with Gasteiger partial charge in [-0.25, -0.2) is 4.39 Å². The number of aromatic nitrogens is 1. The number of benzene rings is 3. The summed E-state index contributed by atoms with van der Waals surface area (Å²) in [6.45, 7) is 2.68. The Hall–Kier alpha value is -3.18. The summed E-state index contributed by atoms with van der Waals surface area (Å²) in [4.78, 5) is 4.59. The number of halogens is 2. The highest BCUT2D eigenvalue weighted by Crippen LogP contribution is 2.35. The van der Waals surface area contributed by atoms with Crippen molar-refractivity contribution in [2.24, 2.45) is 0 Å². The molecule has 0 radical (unpaired) electrons. The molecule has 0 saturated heterocycles. The molecule has 0 bridgehead atoms. The molecule has 0 unspecified atom stereocenters. The first kappa shape index (κ1) is 21.1. The normalized spacial score (nSPS) is 10.7. The fourth-order valence-corrected chi connectivity index (χ4v) is 3.67. The number of nitrogens with zero attached hydrogens (tertiary/aromatic N) is 1. The SMILES string of the molecule is Cc1cc(Br)c(F)cc1-c1ccc(OCc2ccccc2)nc1OCc1ccccc1. The maximum absolute atomic E-state index is 14.3. The summed E-state index contributed by atoms with van der Waals surface area (Å²) in [5.41, 5.74) is 4.42. The quantitative estimate of drug-likeness (QED) is 0.284. The van der Waals surface area contributed by atoms with Crippen molar-refractivity contribution in [2.45, 2.75) is 20.1 Å². The van der Waals surface area contributed by atoms with Gasteiger partial charge in [0.25, 0.3) is 0 Å². The van der Waals surface area contributed by atoms with E-state index in [1.165, 1.54) is 6.07 Å². The van der Waals surface area contributed by atoms with E-state index in [1.54, 1.807) is 12.1 Å². The van der Waals surface area contributed by atoms with Crippen LogP contribution in [0, 0.1) is 12.7 Å². The number of ether oxygens (including phenoxy) is 2. The van der Waals surface area contributed by atoms with Crippen LogP contribution in [0.15, 0.2) is 89.4 Å². The molecule has 1 heterocycles. The Balaban J connectivity index is 1.65. The summed E-state index contributed by atoms with van der Waals surface area (Å²) in [6, 6.07) is 26.6. The van der Waals surface area contributed by atoms with Gasteiger partial charge < -0.3 is 9.47 Å². The van der Waals surface area contributed by atoms with Crippen LogP contribution < -0.4 is 9.47 Å². The highest BCUT2D eigenvalue weighted by atomic mass is 79.9. The molecule has 3 nitrogen and oxygen atoms in total. The summed E-state index contributed by atoms with van der Waals surface area (Å²) < 4.78 is 26.7. The lowest BCUT2D eigenvalue weighted by atomic mass is 10.0. The van der Waals surface area contributed by atoms with Gasteiger partial charge in [-0.05, 0) is 63.3 Å². The molecule has 0 saturated carbocycles. The molecule has 5 heteroatoms. The van der Waals surface area contributed by atoms with Crippen molar-refractivity contribution in [1.82, 2.24) is 4.98 Å². The van der Waals surface area contributed by atoms with Crippen LogP contribution in [0.4, 0.5) is 4.39 Å². The van der Waals surface area contributed by atoms with E-state index in [4.69, 9.17) is 9.47 Å². The average Bonchev–Trinajstić information content (AvgIpc) is 2.80. The van der Waals surface area contributed by atoms with E-state index in [2.05, 4.69) is 20.9 Å². The second-order valence-corrected chi connectivity index (χ2v) is 7.99. The highest BCUT2D eigenvalue weighted by molar-refractivity contribution is 9.10. The summed E-state index contributed by atoms with van der Waals surface area (Å²) in [5, 5.41) is 0. The van der Waals surface area contributed by atoms with Crippen molar-refractivity contribution < 1.29 is 13.9 Å². The monoisotopic (exact) mass is 477 g/mol. The Bertz CT molecular complexity index is 1170. The van der Waals surface area contributed by atoms with Crippen molar-refractivity contribution in [3.63, 3.8) is 0 Å². The van der Waals surface area contributed by atoms with E-state index in [0.29, 0.717) is 35.0 Å². The van der Waals surface area contributed by atoms with Gasteiger partial charge in [-0.3, -0.25) is 0 Å². The van der Waals surface area contributed by atoms with Crippen LogP contribution in [0.5, 0.6) is 11.8 Å². The van der Waals surface area contributed by atoms with Crippen molar-refractivity contribution in [3.05, 3.63) is 112 Å². The van der Waals surface area contributed by atoms with Crippen LogP contribution in [0.2, 0.25) is 0 Å². The third kappa shape index (κ3) is 5.30. The van der Waals surface area contributed by atoms with Gasteiger partial charge in [-0.15, -0.1) is 0 Å². The smallest absolute Gasteiger partial charge is 0.225 e. The van der Waals surface area contributed by atoms with Crippen LogP contribution in [0.25, 0.3) is 11.1 Å². The second kappa shape index (κ2) is 9.75. The third-order valence-corrected chi connectivity index (χ3v) is 5.45. The molecule has 0 aliphatic heterocycles. The first-order valence-electron chi connectivity index (χ1n) is 9.90. The van der Waals surface area contributed by atoms with E-state index >= 15 is 0 Å². The topological polar surface area (TPSA) is 31.4 Å². The molecular weight excluding hydrogens is 457 g/mol. The second-order valence-electron chi connectivity index (χ2n) is 7.13. The van der Waals surface area contributed by atoms with E-state index in [1.807, 2.05) is 73.7 Å². The predicted molar refractivity (Wildman–Crippen MR) is 124 cm³/mol. The van der Waals surface area contributed by atoms with Crippen LogP contribution in [0.3, 0.4) is 0 Å². The lowest BCUT2D eigenvalue weighted by molar-refractivity contribution is 0.268. The number of hydrogen-bond donors (Lipinski definition) is 0. The Morgan fingerprint density at radius 1 is 0.774 bits per heavy atom. The lowest BCUT2D eigenvalue weighted by Crippen LogP contribution is -2.03. The fourth-order valence-electron chi connectivity index (χ4n) is 3.21. The van der Waals surface area contributed by atoms with Crippen molar-refractivity contribution in [2.75, 3.05) is 0 Å². The van der Waals surface area contributed by atoms with Gasteiger partial charge in [0.15, 0.2) is 0 Å². The maximum atomic E-state index is 14.3. The van der Waals surface area contributed by atoms with Crippen molar-refractivity contribution in [1.29, 1.82) is 0 Å². The zero-order valence-electron chi connectivity index (χ0n) is 17.0. The van der Waals surface area contributed by atoms with E-state index < -0.39 is 0 Å². The molecule has 0 fully saturated rings. The molecule has 0 spiro atoms. The van der Waals surface area contributed by atoms with Crippen LogP contribution in [-0.4, -0.2) is 4.98 Å². The van der Waals surface area contributed by atoms with E-state index in [-0.39, 0.29) is 5.82 Å². The minimum Gasteiger partial charge on any atom is -0.473 e. The maximum Gasteiger partial charge on any atom is 0.225 e. The molecule has 4 aromatic rings. The minimum atomic E-state index is -0.334. The predicted octanol–water partition coefficient (Wildman–Crippen LogP) is 7.12. The molecular formula is C26H21BrFNO2. The third-order valence-electron chi connectivity index (χ3n) is 4.84. The summed E-state index contributed by atoms with van der Waals surface area (Å²) in [5.74, 6) is 0.518. The van der Waals surface area contributed by atoms with Crippen molar-refractivity contribution >= 4 is 15.9 Å². The van der Waals surface area contributed by atoms with Gasteiger partial charge >= 0.3 is 0 Å². The van der Waals surface area contributed by atoms with Crippen molar-refractivity contribution in [3.8, 4) is 22.9 Å². The zero-order valence-corrected chi connectivity index (χ0v) is 18.6. The van der Waals surface area contributed by atoms with Gasteiger partial charge in [0, 0.05) is 11.6 Å². The summed E-state index contributed by atoms with van der Waals surface area (Å²) >= 11 is 3.25. The molecule has 31 heavy (non-hydrogen) atoms. The largest absolute Gasteiger partial charge is 0.473 e. The lowest BCUT2D eigenvalue weighted by Gasteiger charge is -2.15. The minimum absolute atomic E-state index is 0.334. The summed E-state index contributed by atoms with van der Waals surface area (Å²) in [6.07, 6.45) is 0. The molecule has 4 rings (SSSR count). The van der Waals surface area contributed by atoms with Crippen LogP contribution in [0.1, 0.15) is 16.7 Å². The Morgan fingerprint density at radius 3 is 2.03 bits per heavy atom. The number of hydrogen-bond acceptors (Lipinski definition) is 3. The first-order valence-corrected chi connectivity index (χ1v) is 10.7. The fraction of sp³-hybridized carbons (Fsp3) is 0.115. The highest BCUT2D eigenvalue weighted by Gasteiger charge is 2.15. The number of rotatable bonds is 7. The van der Waals surface area contributed by atoms with E-state index in [0.717, 1.165) is 22.3 Å². The molecule has 0 N–H and O–H groups in total. The molecule has 0 atom stereocenters. The first-order chi connectivity index (χ1) is 15.1. The Morgan fingerprint density at radius 2 is 1.39 bits per heavy atom. The molecule has 1 aromatic heterocycles. The van der Waals surface area contributed by atoms with Crippen LogP contribution in [-0.2, 0) is 13.2 Å². The molecule has 0 aliphatic carbocycles. The number of aryl methyl sites for hydroxylation is 1. The van der Waals surface area contributed by atoms with E-state index in [9.17, 15) is 4.39 Å². The molecule has 0 aliphatic rings. The van der Waals surface area contributed by atoms with Crippen LogP contribution >= 0.6 is 15.9 Å². The van der Waals surface area contributed by atoms with Gasteiger partial charge in [0.05, 0.1) is 4.47 Å². The van der Waals surface area contributed by atoms with Gasteiger partial charge in [-0.1, -0.05) is 60.7 Å². The standard InChI is InChI=1S/C26H21BrFNO2/c1-18-14-23(27)24(28)15-22(18)21-12-13-25(30-16-19-8-4-2-5-9-19)29-26(21)31-17-20-10-6-3-7-11-20/h2-15H,16-17H2,1H3. The summed E-state index contributed by atoms with van der Waals surface area (Å²) in [7, 11) is 0.